The van der Waals surface area contributed by atoms with E-state index < -0.39 is 0 Å². The molecule has 2 amide bonds. The Labute approximate surface area is 141 Å². The summed E-state index contributed by atoms with van der Waals surface area (Å²) in [6, 6.07) is 0. The monoisotopic (exact) mass is 335 g/mol. The standard InChI is InChI=1S/C16H25N5O3/c22-15-2-1-13(16(23)19-11-14-17-3-4-18-14)12-21(15)6-5-20-7-9-24-10-8-20/h3-4,13H,1-2,5-12H2,(H,17,18)(H,19,23)/t13-/m1/s1. The average Bonchev–Trinajstić information content (AvgIpc) is 3.13. The minimum atomic E-state index is -0.137. The molecule has 8 heteroatoms. The van der Waals surface area contributed by atoms with Crippen molar-refractivity contribution >= 4 is 11.8 Å². The number of piperidine rings is 1. The Morgan fingerprint density at radius 2 is 2.21 bits per heavy atom. The van der Waals surface area contributed by atoms with E-state index in [4.69, 9.17) is 4.74 Å². The van der Waals surface area contributed by atoms with E-state index in [1.54, 1.807) is 12.4 Å². The zero-order chi connectivity index (χ0) is 16.8. The zero-order valence-electron chi connectivity index (χ0n) is 13.9. The summed E-state index contributed by atoms with van der Waals surface area (Å²) in [7, 11) is 0. The summed E-state index contributed by atoms with van der Waals surface area (Å²) in [5, 5.41) is 2.90. The molecule has 0 bridgehead atoms. The number of morpholine rings is 1. The molecule has 3 rings (SSSR count). The first kappa shape index (κ1) is 16.9. The van der Waals surface area contributed by atoms with Crippen LogP contribution in [0.4, 0.5) is 0 Å². The van der Waals surface area contributed by atoms with E-state index in [0.717, 1.165) is 38.7 Å². The zero-order valence-corrected chi connectivity index (χ0v) is 13.9. The van der Waals surface area contributed by atoms with E-state index in [2.05, 4.69) is 20.2 Å². The molecule has 2 fully saturated rings. The van der Waals surface area contributed by atoms with Crippen molar-refractivity contribution in [1.29, 1.82) is 0 Å². The minimum absolute atomic E-state index is 0.00438. The molecule has 8 nitrogen and oxygen atoms in total. The normalized spacial score (nSPS) is 22.6. The van der Waals surface area contributed by atoms with Gasteiger partial charge in [-0.15, -0.1) is 0 Å². The highest BCUT2D eigenvalue weighted by molar-refractivity contribution is 5.83. The molecule has 0 aromatic carbocycles. The van der Waals surface area contributed by atoms with Crippen LogP contribution >= 0.6 is 0 Å². The highest BCUT2D eigenvalue weighted by Crippen LogP contribution is 2.18. The number of aromatic amines is 1. The Kier molecular flexibility index (Phi) is 5.81. The van der Waals surface area contributed by atoms with Gasteiger partial charge in [-0.05, 0) is 6.42 Å². The molecular weight excluding hydrogens is 310 g/mol. The number of nitrogens with one attached hydrogen (secondary N) is 2. The third kappa shape index (κ3) is 4.55. The van der Waals surface area contributed by atoms with Crippen LogP contribution in [0.1, 0.15) is 18.7 Å². The largest absolute Gasteiger partial charge is 0.379 e. The van der Waals surface area contributed by atoms with Crippen molar-refractivity contribution in [1.82, 2.24) is 25.1 Å². The number of hydrogen-bond acceptors (Lipinski definition) is 5. The second-order valence-corrected chi connectivity index (χ2v) is 6.28. The van der Waals surface area contributed by atoms with Crippen LogP contribution in [-0.2, 0) is 20.9 Å². The van der Waals surface area contributed by atoms with E-state index in [-0.39, 0.29) is 17.7 Å². The van der Waals surface area contributed by atoms with Crippen molar-refractivity contribution in [3.8, 4) is 0 Å². The molecule has 0 saturated carbocycles. The van der Waals surface area contributed by atoms with Gasteiger partial charge in [-0.3, -0.25) is 14.5 Å². The fourth-order valence-electron chi connectivity index (χ4n) is 3.14. The Morgan fingerprint density at radius 3 is 2.96 bits per heavy atom. The molecule has 1 aromatic rings. The third-order valence-corrected chi connectivity index (χ3v) is 4.65. The number of aromatic nitrogens is 2. The van der Waals surface area contributed by atoms with Crippen molar-refractivity contribution in [2.45, 2.75) is 19.4 Å². The van der Waals surface area contributed by atoms with E-state index in [1.807, 2.05) is 4.90 Å². The van der Waals surface area contributed by atoms with Crippen LogP contribution in [0.5, 0.6) is 0 Å². The molecule has 0 spiro atoms. The maximum absolute atomic E-state index is 12.3. The van der Waals surface area contributed by atoms with Crippen LogP contribution in [0.3, 0.4) is 0 Å². The lowest BCUT2D eigenvalue weighted by Gasteiger charge is -2.34. The van der Waals surface area contributed by atoms with Gasteiger partial charge in [0.1, 0.15) is 5.82 Å². The molecular formula is C16H25N5O3. The van der Waals surface area contributed by atoms with Crippen molar-refractivity contribution in [2.75, 3.05) is 45.9 Å². The molecule has 24 heavy (non-hydrogen) atoms. The first-order valence-corrected chi connectivity index (χ1v) is 8.56. The number of nitrogens with zero attached hydrogens (tertiary/aromatic N) is 3. The predicted molar refractivity (Wildman–Crippen MR) is 87.0 cm³/mol. The van der Waals surface area contributed by atoms with Gasteiger partial charge in [0.25, 0.3) is 0 Å². The topological polar surface area (TPSA) is 90.6 Å². The summed E-state index contributed by atoms with van der Waals surface area (Å²) >= 11 is 0. The van der Waals surface area contributed by atoms with Gasteiger partial charge in [-0.25, -0.2) is 4.98 Å². The molecule has 2 saturated heterocycles. The van der Waals surface area contributed by atoms with Crippen LogP contribution in [-0.4, -0.2) is 77.5 Å². The number of rotatable bonds is 6. The minimum Gasteiger partial charge on any atom is -0.379 e. The summed E-state index contributed by atoms with van der Waals surface area (Å²) < 4.78 is 5.34. The molecule has 0 unspecified atom stereocenters. The average molecular weight is 335 g/mol. The molecule has 0 aliphatic carbocycles. The summed E-state index contributed by atoms with van der Waals surface area (Å²) in [5.74, 6) is 0.746. The van der Waals surface area contributed by atoms with Crippen LogP contribution < -0.4 is 5.32 Å². The Morgan fingerprint density at radius 1 is 1.38 bits per heavy atom. The van der Waals surface area contributed by atoms with E-state index in [0.29, 0.717) is 32.5 Å². The van der Waals surface area contributed by atoms with Gasteiger partial charge >= 0.3 is 0 Å². The molecule has 1 aromatic heterocycles. The number of amides is 2. The van der Waals surface area contributed by atoms with Crippen LogP contribution in [0.25, 0.3) is 0 Å². The number of carbonyl (C=O) groups is 2. The fourth-order valence-corrected chi connectivity index (χ4v) is 3.14. The van der Waals surface area contributed by atoms with Gasteiger partial charge in [-0.1, -0.05) is 0 Å². The van der Waals surface area contributed by atoms with E-state index in [1.165, 1.54) is 0 Å². The van der Waals surface area contributed by atoms with Crippen molar-refractivity contribution < 1.29 is 14.3 Å². The van der Waals surface area contributed by atoms with E-state index in [9.17, 15) is 9.59 Å². The van der Waals surface area contributed by atoms with Crippen LogP contribution in [0.15, 0.2) is 12.4 Å². The quantitative estimate of drug-likeness (QED) is 0.738. The molecule has 1 atom stereocenters. The fraction of sp³-hybridized carbons (Fsp3) is 0.688. The number of H-pyrrole nitrogens is 1. The van der Waals surface area contributed by atoms with Gasteiger partial charge in [0.2, 0.25) is 11.8 Å². The third-order valence-electron chi connectivity index (χ3n) is 4.65. The molecule has 2 aliphatic rings. The van der Waals surface area contributed by atoms with E-state index >= 15 is 0 Å². The lowest BCUT2D eigenvalue weighted by molar-refractivity contribution is -0.138. The second kappa shape index (κ2) is 8.25. The lowest BCUT2D eigenvalue weighted by atomic mass is 9.96. The second-order valence-electron chi connectivity index (χ2n) is 6.28. The summed E-state index contributed by atoms with van der Waals surface area (Å²) in [5.41, 5.74) is 0. The summed E-state index contributed by atoms with van der Waals surface area (Å²) in [6.45, 7) is 5.76. The van der Waals surface area contributed by atoms with Gasteiger partial charge in [-0.2, -0.15) is 0 Å². The van der Waals surface area contributed by atoms with Gasteiger partial charge in [0.15, 0.2) is 0 Å². The SMILES string of the molecule is O=C(NCc1ncc[nH]1)[C@@H]1CCC(=O)N(CCN2CCOCC2)C1. The summed E-state index contributed by atoms with van der Waals surface area (Å²) in [6.07, 6.45) is 4.46. The predicted octanol–water partition coefficient (Wildman–Crippen LogP) is -0.403. The molecule has 132 valence electrons. The summed E-state index contributed by atoms with van der Waals surface area (Å²) in [4.78, 5) is 35.6. The Balaban J connectivity index is 1.45. The number of imidazole rings is 1. The Bertz CT molecular complexity index is 542. The lowest BCUT2D eigenvalue weighted by Crippen LogP contribution is -2.49. The van der Waals surface area contributed by atoms with Crippen molar-refractivity contribution in [2.24, 2.45) is 5.92 Å². The van der Waals surface area contributed by atoms with Gasteiger partial charge < -0.3 is 19.9 Å². The van der Waals surface area contributed by atoms with Crippen molar-refractivity contribution in [3.63, 3.8) is 0 Å². The van der Waals surface area contributed by atoms with Gasteiger partial charge in [0.05, 0.1) is 25.7 Å². The van der Waals surface area contributed by atoms with Crippen molar-refractivity contribution in [3.05, 3.63) is 18.2 Å². The number of ether oxygens (including phenoxy) is 1. The first-order chi connectivity index (χ1) is 11.7. The molecule has 2 aliphatic heterocycles. The van der Waals surface area contributed by atoms with Gasteiger partial charge in [0, 0.05) is 51.5 Å². The number of carbonyl (C=O) groups excluding carboxylic acids is 2. The highest BCUT2D eigenvalue weighted by Gasteiger charge is 2.30. The number of hydrogen-bond donors (Lipinski definition) is 2. The molecule has 0 radical (unpaired) electrons. The molecule has 3 heterocycles. The Hall–Kier alpha value is -1.93. The first-order valence-electron chi connectivity index (χ1n) is 8.56. The highest BCUT2D eigenvalue weighted by atomic mass is 16.5. The van der Waals surface area contributed by atoms with Crippen LogP contribution in [0.2, 0.25) is 0 Å². The smallest absolute Gasteiger partial charge is 0.225 e. The maximum Gasteiger partial charge on any atom is 0.225 e. The maximum atomic E-state index is 12.3. The molecule has 2 N–H and O–H groups in total. The van der Waals surface area contributed by atoms with Crippen LogP contribution in [0, 0.1) is 5.92 Å². The number of likely N-dealkylation sites (tertiary alicyclic amines) is 1.